The standard InChI is InChI=1S/C9H15ClN2O4S/c1-15-5-6-16-4-2-3-12-7-9(11-8-12)17(10,13)14/h7-8H,2-6H2,1H3. The highest BCUT2D eigenvalue weighted by atomic mass is 35.7. The minimum atomic E-state index is -3.73. The predicted octanol–water partition coefficient (Wildman–Crippen LogP) is 0.864. The molecule has 1 heterocycles. The van der Waals surface area contributed by atoms with Gasteiger partial charge in [0, 0.05) is 37.1 Å². The van der Waals surface area contributed by atoms with E-state index in [9.17, 15) is 8.42 Å². The van der Waals surface area contributed by atoms with Crippen molar-refractivity contribution in [3.05, 3.63) is 12.5 Å². The van der Waals surface area contributed by atoms with Crippen molar-refractivity contribution in [1.82, 2.24) is 9.55 Å². The Labute approximate surface area is 105 Å². The third-order valence-electron chi connectivity index (χ3n) is 2.00. The molecule has 0 aliphatic carbocycles. The van der Waals surface area contributed by atoms with Gasteiger partial charge in [0.1, 0.15) is 0 Å². The summed E-state index contributed by atoms with van der Waals surface area (Å²) in [5.74, 6) is 0. The summed E-state index contributed by atoms with van der Waals surface area (Å²) < 4.78 is 33.6. The first-order valence-corrected chi connectivity index (χ1v) is 7.38. The minimum Gasteiger partial charge on any atom is -0.382 e. The summed E-state index contributed by atoms with van der Waals surface area (Å²) in [5, 5.41) is -0.125. The van der Waals surface area contributed by atoms with Crippen molar-refractivity contribution >= 4 is 19.7 Å². The van der Waals surface area contributed by atoms with Crippen molar-refractivity contribution in [1.29, 1.82) is 0 Å². The van der Waals surface area contributed by atoms with E-state index in [0.717, 1.165) is 6.42 Å². The molecule has 0 unspecified atom stereocenters. The lowest BCUT2D eigenvalue weighted by Gasteiger charge is -2.03. The van der Waals surface area contributed by atoms with Crippen molar-refractivity contribution < 1.29 is 17.9 Å². The largest absolute Gasteiger partial charge is 0.382 e. The molecule has 17 heavy (non-hydrogen) atoms. The van der Waals surface area contributed by atoms with Crippen LogP contribution in [0, 0.1) is 0 Å². The molecular formula is C9H15ClN2O4S. The van der Waals surface area contributed by atoms with Crippen LogP contribution < -0.4 is 0 Å². The van der Waals surface area contributed by atoms with Crippen molar-refractivity contribution in [2.24, 2.45) is 0 Å². The van der Waals surface area contributed by atoms with E-state index in [2.05, 4.69) is 4.98 Å². The summed E-state index contributed by atoms with van der Waals surface area (Å²) in [4.78, 5) is 3.70. The molecule has 1 rings (SSSR count). The highest BCUT2D eigenvalue weighted by Gasteiger charge is 2.12. The number of hydrogen-bond donors (Lipinski definition) is 0. The van der Waals surface area contributed by atoms with Crippen LogP contribution >= 0.6 is 10.7 Å². The molecule has 0 spiro atoms. The van der Waals surface area contributed by atoms with E-state index in [1.54, 1.807) is 11.7 Å². The molecule has 0 radical (unpaired) electrons. The number of aromatic nitrogens is 2. The van der Waals surface area contributed by atoms with E-state index in [1.165, 1.54) is 12.5 Å². The summed E-state index contributed by atoms with van der Waals surface area (Å²) >= 11 is 0. The van der Waals surface area contributed by atoms with Gasteiger partial charge >= 0.3 is 0 Å². The fourth-order valence-corrected chi connectivity index (χ4v) is 1.85. The normalized spacial score (nSPS) is 11.9. The molecular weight excluding hydrogens is 268 g/mol. The third-order valence-corrected chi connectivity index (χ3v) is 3.18. The molecule has 0 atom stereocenters. The molecule has 98 valence electrons. The van der Waals surface area contributed by atoms with Gasteiger partial charge in [0.2, 0.25) is 0 Å². The molecule has 0 aliphatic heterocycles. The number of ether oxygens (including phenoxy) is 2. The van der Waals surface area contributed by atoms with Crippen molar-refractivity contribution in [2.75, 3.05) is 26.9 Å². The second-order valence-corrected chi connectivity index (χ2v) is 5.86. The van der Waals surface area contributed by atoms with Gasteiger partial charge in [-0.05, 0) is 6.42 Å². The zero-order chi connectivity index (χ0) is 12.7. The molecule has 0 N–H and O–H groups in total. The first-order valence-electron chi connectivity index (χ1n) is 5.07. The van der Waals surface area contributed by atoms with Crippen LogP contribution in [-0.4, -0.2) is 44.9 Å². The predicted molar refractivity (Wildman–Crippen MR) is 62.6 cm³/mol. The van der Waals surface area contributed by atoms with Gasteiger partial charge in [-0.2, -0.15) is 0 Å². The molecule has 0 aromatic carbocycles. The van der Waals surface area contributed by atoms with E-state index < -0.39 is 9.05 Å². The number of methoxy groups -OCH3 is 1. The van der Waals surface area contributed by atoms with Crippen LogP contribution in [0.4, 0.5) is 0 Å². The second-order valence-electron chi connectivity index (χ2n) is 3.35. The van der Waals surface area contributed by atoms with E-state index in [0.29, 0.717) is 26.4 Å². The zero-order valence-electron chi connectivity index (χ0n) is 9.50. The van der Waals surface area contributed by atoms with Gasteiger partial charge in [0.25, 0.3) is 9.05 Å². The van der Waals surface area contributed by atoms with Crippen LogP contribution in [0.25, 0.3) is 0 Å². The number of aryl methyl sites for hydroxylation is 1. The van der Waals surface area contributed by atoms with E-state index in [-0.39, 0.29) is 5.03 Å². The van der Waals surface area contributed by atoms with E-state index in [1.807, 2.05) is 0 Å². The highest BCUT2D eigenvalue weighted by molar-refractivity contribution is 8.13. The van der Waals surface area contributed by atoms with E-state index in [4.69, 9.17) is 20.2 Å². The van der Waals surface area contributed by atoms with Gasteiger partial charge < -0.3 is 14.0 Å². The molecule has 0 aliphatic rings. The SMILES string of the molecule is COCCOCCCn1cnc(S(=O)(=O)Cl)c1. The Morgan fingerprint density at radius 2 is 2.18 bits per heavy atom. The Bertz CT molecular complexity index is 432. The summed E-state index contributed by atoms with van der Waals surface area (Å²) in [5.41, 5.74) is 0. The Morgan fingerprint density at radius 1 is 1.41 bits per heavy atom. The van der Waals surface area contributed by atoms with Gasteiger partial charge in [-0.1, -0.05) is 0 Å². The maximum Gasteiger partial charge on any atom is 0.280 e. The Hall–Kier alpha value is -0.630. The maximum atomic E-state index is 10.9. The number of halogens is 1. The smallest absolute Gasteiger partial charge is 0.280 e. The lowest BCUT2D eigenvalue weighted by molar-refractivity contribution is 0.0680. The van der Waals surface area contributed by atoms with Crippen LogP contribution in [0.3, 0.4) is 0 Å². The first kappa shape index (κ1) is 14.4. The Balaban J connectivity index is 2.26. The molecule has 0 saturated carbocycles. The fourth-order valence-electron chi connectivity index (χ4n) is 1.18. The third kappa shape index (κ3) is 5.49. The van der Waals surface area contributed by atoms with Crippen LogP contribution in [0.15, 0.2) is 17.6 Å². The number of imidazole rings is 1. The topological polar surface area (TPSA) is 70.4 Å². The average molecular weight is 283 g/mol. The maximum absolute atomic E-state index is 10.9. The molecule has 0 saturated heterocycles. The van der Waals surface area contributed by atoms with Gasteiger partial charge in [-0.3, -0.25) is 0 Å². The molecule has 0 bridgehead atoms. The lowest BCUT2D eigenvalue weighted by atomic mass is 10.4. The highest BCUT2D eigenvalue weighted by Crippen LogP contribution is 2.11. The molecule has 1 aromatic heterocycles. The summed E-state index contributed by atoms with van der Waals surface area (Å²) in [7, 11) is 3.03. The average Bonchev–Trinajstić information content (AvgIpc) is 2.71. The van der Waals surface area contributed by atoms with Gasteiger partial charge in [0.15, 0.2) is 5.03 Å². The van der Waals surface area contributed by atoms with Crippen LogP contribution in [0.1, 0.15) is 6.42 Å². The van der Waals surface area contributed by atoms with E-state index >= 15 is 0 Å². The number of rotatable bonds is 8. The Morgan fingerprint density at radius 3 is 2.76 bits per heavy atom. The van der Waals surface area contributed by atoms with Crippen LogP contribution in [0.2, 0.25) is 0 Å². The molecule has 6 nitrogen and oxygen atoms in total. The second kappa shape index (κ2) is 6.95. The van der Waals surface area contributed by atoms with Gasteiger partial charge in [0.05, 0.1) is 19.5 Å². The van der Waals surface area contributed by atoms with Crippen LogP contribution in [0.5, 0.6) is 0 Å². The first-order chi connectivity index (χ1) is 8.04. The Kier molecular flexibility index (Phi) is 5.90. The summed E-state index contributed by atoms with van der Waals surface area (Å²) in [6, 6.07) is 0. The summed E-state index contributed by atoms with van der Waals surface area (Å²) in [6.07, 6.45) is 3.60. The van der Waals surface area contributed by atoms with Gasteiger partial charge in [-0.25, -0.2) is 13.4 Å². The molecule has 0 fully saturated rings. The molecule has 1 aromatic rings. The monoisotopic (exact) mass is 282 g/mol. The quantitative estimate of drug-likeness (QED) is 0.522. The van der Waals surface area contributed by atoms with Gasteiger partial charge in [-0.15, -0.1) is 0 Å². The lowest BCUT2D eigenvalue weighted by Crippen LogP contribution is -2.05. The minimum absolute atomic E-state index is 0.125. The van der Waals surface area contributed by atoms with Crippen molar-refractivity contribution in [2.45, 2.75) is 18.0 Å². The van der Waals surface area contributed by atoms with Crippen molar-refractivity contribution in [3.63, 3.8) is 0 Å². The number of nitrogens with zero attached hydrogens (tertiary/aromatic N) is 2. The summed E-state index contributed by atoms with van der Waals surface area (Å²) in [6.45, 7) is 2.35. The number of hydrogen-bond acceptors (Lipinski definition) is 5. The molecule has 8 heteroatoms. The van der Waals surface area contributed by atoms with Crippen molar-refractivity contribution in [3.8, 4) is 0 Å². The zero-order valence-corrected chi connectivity index (χ0v) is 11.1. The fraction of sp³-hybridized carbons (Fsp3) is 0.667. The van der Waals surface area contributed by atoms with Crippen LogP contribution in [-0.2, 0) is 25.1 Å². The molecule has 0 amide bonds.